The van der Waals surface area contributed by atoms with E-state index >= 15 is 0 Å². The molecule has 0 bridgehead atoms. The summed E-state index contributed by atoms with van der Waals surface area (Å²) in [4.78, 5) is 23.0. The number of carbonyl (C=O) groups excluding carboxylic acids is 1. The van der Waals surface area contributed by atoms with Crippen LogP contribution in [-0.4, -0.2) is 24.3 Å². The summed E-state index contributed by atoms with van der Waals surface area (Å²) in [5.74, 6) is -0.407. The van der Waals surface area contributed by atoms with Gasteiger partial charge in [-0.3, -0.25) is 4.79 Å². The zero-order valence-electron chi connectivity index (χ0n) is 11.3. The van der Waals surface area contributed by atoms with Gasteiger partial charge < -0.3 is 14.6 Å². The SMILES string of the molecule is COC(=O)NCCn1cc(C)c(=O)c2ccc(F)cc21. The highest BCUT2D eigenvalue weighted by Gasteiger charge is 2.07. The van der Waals surface area contributed by atoms with E-state index in [0.29, 0.717) is 29.6 Å². The first kappa shape index (κ1) is 14.0. The lowest BCUT2D eigenvalue weighted by atomic mass is 10.1. The molecule has 0 aliphatic heterocycles. The maximum atomic E-state index is 13.3. The molecule has 0 radical (unpaired) electrons. The fourth-order valence-corrected chi connectivity index (χ4v) is 2.04. The number of hydrogen-bond donors (Lipinski definition) is 1. The monoisotopic (exact) mass is 278 g/mol. The van der Waals surface area contributed by atoms with Crippen molar-refractivity contribution in [2.24, 2.45) is 0 Å². The zero-order valence-corrected chi connectivity index (χ0v) is 11.3. The van der Waals surface area contributed by atoms with Crippen LogP contribution < -0.4 is 10.7 Å². The minimum absolute atomic E-state index is 0.114. The van der Waals surface area contributed by atoms with Crippen LogP contribution in [0.25, 0.3) is 10.9 Å². The highest BCUT2D eigenvalue weighted by atomic mass is 19.1. The van der Waals surface area contributed by atoms with Gasteiger partial charge in [-0.1, -0.05) is 0 Å². The van der Waals surface area contributed by atoms with Crippen LogP contribution in [0.3, 0.4) is 0 Å². The van der Waals surface area contributed by atoms with E-state index in [2.05, 4.69) is 10.1 Å². The molecule has 20 heavy (non-hydrogen) atoms. The Morgan fingerprint density at radius 1 is 1.45 bits per heavy atom. The van der Waals surface area contributed by atoms with Crippen molar-refractivity contribution in [1.29, 1.82) is 0 Å². The van der Waals surface area contributed by atoms with E-state index in [9.17, 15) is 14.0 Å². The normalized spacial score (nSPS) is 10.6. The molecule has 1 aromatic heterocycles. The average molecular weight is 278 g/mol. The number of nitrogens with one attached hydrogen (secondary N) is 1. The molecule has 0 saturated heterocycles. The molecule has 1 aromatic carbocycles. The molecule has 0 saturated carbocycles. The lowest BCUT2D eigenvalue weighted by Crippen LogP contribution is -2.27. The van der Waals surface area contributed by atoms with E-state index in [4.69, 9.17) is 0 Å². The predicted octanol–water partition coefficient (Wildman–Crippen LogP) is 1.81. The van der Waals surface area contributed by atoms with Gasteiger partial charge in [0.25, 0.3) is 0 Å². The van der Waals surface area contributed by atoms with Crippen molar-refractivity contribution >= 4 is 17.0 Å². The summed E-state index contributed by atoms with van der Waals surface area (Å²) in [5, 5.41) is 3.00. The molecule has 1 amide bonds. The van der Waals surface area contributed by atoms with E-state index in [1.807, 2.05) is 0 Å². The Morgan fingerprint density at radius 3 is 2.90 bits per heavy atom. The van der Waals surface area contributed by atoms with Crippen LogP contribution in [0.5, 0.6) is 0 Å². The van der Waals surface area contributed by atoms with Crippen LogP contribution in [-0.2, 0) is 11.3 Å². The molecule has 0 atom stereocenters. The number of methoxy groups -OCH3 is 1. The van der Waals surface area contributed by atoms with Gasteiger partial charge in [-0.25, -0.2) is 9.18 Å². The number of pyridine rings is 1. The van der Waals surface area contributed by atoms with E-state index < -0.39 is 11.9 Å². The van der Waals surface area contributed by atoms with Gasteiger partial charge in [0.1, 0.15) is 5.82 Å². The fraction of sp³-hybridized carbons (Fsp3) is 0.286. The average Bonchev–Trinajstić information content (AvgIpc) is 2.43. The smallest absolute Gasteiger partial charge is 0.406 e. The number of benzene rings is 1. The number of aromatic nitrogens is 1. The summed E-state index contributed by atoms with van der Waals surface area (Å²) < 4.78 is 19.6. The van der Waals surface area contributed by atoms with Gasteiger partial charge in [0.2, 0.25) is 0 Å². The number of fused-ring (bicyclic) bond motifs is 1. The number of carbonyl (C=O) groups is 1. The van der Waals surface area contributed by atoms with E-state index in [1.54, 1.807) is 17.7 Å². The molecule has 2 rings (SSSR count). The number of amides is 1. The van der Waals surface area contributed by atoms with Crippen molar-refractivity contribution in [1.82, 2.24) is 9.88 Å². The molecular formula is C14H15FN2O3. The number of alkyl carbamates (subject to hydrolysis) is 1. The van der Waals surface area contributed by atoms with Crippen molar-refractivity contribution in [3.8, 4) is 0 Å². The standard InChI is InChI=1S/C14H15FN2O3/c1-9-8-17(6-5-16-14(19)20-2)12-7-10(15)3-4-11(12)13(9)18/h3-4,7-8H,5-6H2,1-2H3,(H,16,19). The summed E-state index contributed by atoms with van der Waals surface area (Å²) >= 11 is 0. The third kappa shape index (κ3) is 2.79. The Labute approximate surface area is 115 Å². The number of halogens is 1. The second-order valence-electron chi connectivity index (χ2n) is 4.41. The fourth-order valence-electron chi connectivity index (χ4n) is 2.04. The molecule has 0 unspecified atom stereocenters. The van der Waals surface area contributed by atoms with Crippen LogP contribution in [0.4, 0.5) is 9.18 Å². The third-order valence-electron chi connectivity index (χ3n) is 3.03. The number of ether oxygens (including phenoxy) is 1. The highest BCUT2D eigenvalue weighted by Crippen LogP contribution is 2.13. The highest BCUT2D eigenvalue weighted by molar-refractivity contribution is 5.79. The first-order valence-electron chi connectivity index (χ1n) is 6.14. The third-order valence-corrected chi connectivity index (χ3v) is 3.03. The summed E-state index contributed by atoms with van der Waals surface area (Å²) in [6.07, 6.45) is 1.13. The Kier molecular flexibility index (Phi) is 4.02. The maximum absolute atomic E-state index is 13.3. The van der Waals surface area contributed by atoms with E-state index in [0.717, 1.165) is 0 Å². The van der Waals surface area contributed by atoms with Crippen LogP contribution in [0.1, 0.15) is 5.56 Å². The van der Waals surface area contributed by atoms with Gasteiger partial charge in [0.15, 0.2) is 5.43 Å². The molecule has 0 aliphatic rings. The molecular weight excluding hydrogens is 263 g/mol. The topological polar surface area (TPSA) is 60.3 Å². The van der Waals surface area contributed by atoms with Crippen molar-refractivity contribution in [2.45, 2.75) is 13.5 Å². The molecule has 0 spiro atoms. The van der Waals surface area contributed by atoms with Gasteiger partial charge in [0.05, 0.1) is 12.6 Å². The molecule has 5 nitrogen and oxygen atoms in total. The lowest BCUT2D eigenvalue weighted by molar-refractivity contribution is 0.170. The first-order chi connectivity index (χ1) is 9.52. The minimum Gasteiger partial charge on any atom is -0.453 e. The molecule has 106 valence electrons. The van der Waals surface area contributed by atoms with Gasteiger partial charge in [0, 0.05) is 30.2 Å². The van der Waals surface area contributed by atoms with Crippen LogP contribution in [0.2, 0.25) is 0 Å². The number of rotatable bonds is 3. The van der Waals surface area contributed by atoms with E-state index in [-0.39, 0.29) is 5.43 Å². The van der Waals surface area contributed by atoms with Crippen molar-refractivity contribution in [2.75, 3.05) is 13.7 Å². The Bertz CT molecular complexity index is 709. The summed E-state index contributed by atoms with van der Waals surface area (Å²) in [6.45, 7) is 2.44. The molecule has 0 fully saturated rings. The van der Waals surface area contributed by atoms with Crippen molar-refractivity contribution in [3.05, 3.63) is 46.0 Å². The van der Waals surface area contributed by atoms with Crippen LogP contribution in [0, 0.1) is 12.7 Å². The van der Waals surface area contributed by atoms with Gasteiger partial charge in [-0.15, -0.1) is 0 Å². The molecule has 1 N–H and O–H groups in total. The van der Waals surface area contributed by atoms with Crippen molar-refractivity contribution < 1.29 is 13.9 Å². The summed E-state index contributed by atoms with van der Waals surface area (Å²) in [5.41, 5.74) is 0.964. The maximum Gasteiger partial charge on any atom is 0.406 e. The predicted molar refractivity (Wildman–Crippen MR) is 73.3 cm³/mol. The largest absolute Gasteiger partial charge is 0.453 e. The number of nitrogens with zero attached hydrogens (tertiary/aromatic N) is 1. The van der Waals surface area contributed by atoms with Crippen LogP contribution >= 0.6 is 0 Å². The Balaban J connectivity index is 2.37. The van der Waals surface area contributed by atoms with Gasteiger partial charge in [-0.05, 0) is 25.1 Å². The Morgan fingerprint density at radius 2 is 2.20 bits per heavy atom. The zero-order chi connectivity index (χ0) is 14.7. The van der Waals surface area contributed by atoms with E-state index in [1.165, 1.54) is 25.3 Å². The molecule has 6 heteroatoms. The van der Waals surface area contributed by atoms with Crippen molar-refractivity contribution in [3.63, 3.8) is 0 Å². The second kappa shape index (κ2) is 5.73. The number of aryl methyl sites for hydroxylation is 1. The Hall–Kier alpha value is -2.37. The molecule has 2 aromatic rings. The van der Waals surface area contributed by atoms with Gasteiger partial charge >= 0.3 is 6.09 Å². The molecule has 1 heterocycles. The lowest BCUT2D eigenvalue weighted by Gasteiger charge is -2.12. The number of hydrogen-bond acceptors (Lipinski definition) is 3. The summed E-state index contributed by atoms with van der Waals surface area (Å²) in [6, 6.07) is 4.05. The quantitative estimate of drug-likeness (QED) is 0.931. The second-order valence-corrected chi connectivity index (χ2v) is 4.41. The molecule has 0 aliphatic carbocycles. The van der Waals surface area contributed by atoms with Gasteiger partial charge in [-0.2, -0.15) is 0 Å². The first-order valence-corrected chi connectivity index (χ1v) is 6.14. The summed E-state index contributed by atoms with van der Waals surface area (Å²) in [7, 11) is 1.28. The minimum atomic E-state index is -0.529. The van der Waals surface area contributed by atoms with Crippen LogP contribution in [0.15, 0.2) is 29.2 Å².